The second kappa shape index (κ2) is 5.77. The van der Waals surface area contributed by atoms with E-state index in [1.54, 1.807) is 11.9 Å². The van der Waals surface area contributed by atoms with Crippen LogP contribution >= 0.6 is 0 Å². The summed E-state index contributed by atoms with van der Waals surface area (Å²) >= 11 is 0. The van der Waals surface area contributed by atoms with Crippen molar-refractivity contribution in [2.45, 2.75) is 26.7 Å². The van der Waals surface area contributed by atoms with Gasteiger partial charge in [0.25, 0.3) is 5.91 Å². The summed E-state index contributed by atoms with van der Waals surface area (Å²) in [6.07, 6.45) is 1.74. The Bertz CT molecular complexity index is 601. The Hall–Kier alpha value is -2.30. The van der Waals surface area contributed by atoms with Crippen LogP contribution in [0.1, 0.15) is 35.1 Å². The molecule has 0 radical (unpaired) electrons. The van der Waals surface area contributed by atoms with E-state index in [1.807, 2.05) is 31.2 Å². The highest BCUT2D eigenvalue weighted by atomic mass is 16.2. The highest BCUT2D eigenvalue weighted by Crippen LogP contribution is 2.20. The van der Waals surface area contributed by atoms with Crippen LogP contribution in [0.25, 0.3) is 0 Å². The van der Waals surface area contributed by atoms with E-state index in [0.717, 1.165) is 29.8 Å². The first-order valence-corrected chi connectivity index (χ1v) is 6.72. The van der Waals surface area contributed by atoms with Crippen LogP contribution < -0.4 is 10.6 Å². The number of nitrogen functional groups attached to an aromatic ring is 1. The van der Waals surface area contributed by atoms with Gasteiger partial charge in [0.05, 0.1) is 11.4 Å². The van der Waals surface area contributed by atoms with Crippen molar-refractivity contribution >= 4 is 17.3 Å². The van der Waals surface area contributed by atoms with Crippen molar-refractivity contribution in [3.63, 3.8) is 0 Å². The number of nitrogens with zero attached hydrogens (tertiary/aromatic N) is 2. The lowest BCUT2D eigenvalue weighted by Crippen LogP contribution is -2.27. The molecule has 5 heteroatoms. The summed E-state index contributed by atoms with van der Waals surface area (Å²) in [5.41, 5.74) is 9.53. The summed E-state index contributed by atoms with van der Waals surface area (Å²) in [6, 6.07) is 7.75. The van der Waals surface area contributed by atoms with Crippen molar-refractivity contribution in [2.75, 3.05) is 17.7 Å². The molecule has 5 nitrogen and oxygen atoms in total. The molecule has 0 bridgehead atoms. The lowest BCUT2D eigenvalue weighted by molar-refractivity contribution is 0.0989. The molecule has 2 aromatic rings. The van der Waals surface area contributed by atoms with Crippen molar-refractivity contribution in [3.05, 3.63) is 41.2 Å². The summed E-state index contributed by atoms with van der Waals surface area (Å²) in [6.45, 7) is 4.06. The molecule has 106 valence electrons. The van der Waals surface area contributed by atoms with Crippen molar-refractivity contribution in [3.8, 4) is 0 Å². The van der Waals surface area contributed by atoms with Crippen LogP contribution in [0.15, 0.2) is 24.3 Å². The molecule has 1 aromatic heterocycles. The van der Waals surface area contributed by atoms with E-state index in [1.165, 1.54) is 0 Å². The number of benzene rings is 1. The molecule has 0 aliphatic carbocycles. The zero-order valence-corrected chi connectivity index (χ0v) is 12.1. The molecule has 0 saturated heterocycles. The second-order valence-corrected chi connectivity index (χ2v) is 4.91. The number of H-pyrrole nitrogens is 1. The third-order valence-corrected chi connectivity index (χ3v) is 3.31. The van der Waals surface area contributed by atoms with Gasteiger partial charge in [0.15, 0.2) is 5.69 Å². The van der Waals surface area contributed by atoms with Crippen molar-refractivity contribution in [2.24, 2.45) is 0 Å². The summed E-state index contributed by atoms with van der Waals surface area (Å²) in [4.78, 5) is 14.0. The molecule has 20 heavy (non-hydrogen) atoms. The molecule has 0 atom stereocenters. The molecule has 0 aliphatic rings. The zero-order valence-electron chi connectivity index (χ0n) is 12.1. The second-order valence-electron chi connectivity index (χ2n) is 4.91. The minimum absolute atomic E-state index is 0.204. The van der Waals surface area contributed by atoms with Crippen LogP contribution in [0.4, 0.5) is 11.4 Å². The summed E-state index contributed by atoms with van der Waals surface area (Å²) in [7, 11) is 1.72. The van der Waals surface area contributed by atoms with Crippen LogP contribution in [0, 0.1) is 6.92 Å². The first kappa shape index (κ1) is 14.1. The number of aromatic nitrogens is 2. The normalized spacial score (nSPS) is 10.6. The van der Waals surface area contributed by atoms with Crippen LogP contribution in [-0.2, 0) is 6.42 Å². The largest absolute Gasteiger partial charge is 0.395 e. The van der Waals surface area contributed by atoms with Crippen molar-refractivity contribution in [1.82, 2.24) is 10.2 Å². The number of anilines is 2. The van der Waals surface area contributed by atoms with Gasteiger partial charge in [-0.2, -0.15) is 5.10 Å². The number of nitrogens with one attached hydrogen (secondary N) is 1. The third-order valence-electron chi connectivity index (χ3n) is 3.31. The number of rotatable bonds is 4. The smallest absolute Gasteiger partial charge is 0.280 e. The summed E-state index contributed by atoms with van der Waals surface area (Å²) in [5, 5.41) is 6.91. The molecule has 1 heterocycles. The SMILES string of the molecule is CCCc1[nH]nc(C(=O)N(C)c2ccc(C)cc2)c1N. The molecule has 1 amide bonds. The van der Waals surface area contributed by atoms with Gasteiger partial charge in [-0.15, -0.1) is 0 Å². The van der Waals surface area contributed by atoms with Gasteiger partial charge in [0.2, 0.25) is 0 Å². The summed E-state index contributed by atoms with van der Waals surface area (Å²) < 4.78 is 0. The number of carbonyl (C=O) groups excluding carboxylic acids is 1. The van der Waals surface area contributed by atoms with Gasteiger partial charge >= 0.3 is 0 Å². The Morgan fingerprint density at radius 1 is 1.35 bits per heavy atom. The van der Waals surface area contributed by atoms with Crippen LogP contribution in [0.2, 0.25) is 0 Å². The zero-order chi connectivity index (χ0) is 14.7. The monoisotopic (exact) mass is 272 g/mol. The quantitative estimate of drug-likeness (QED) is 0.898. The number of aromatic amines is 1. The number of nitrogens with two attached hydrogens (primary N) is 1. The van der Waals surface area contributed by atoms with E-state index in [2.05, 4.69) is 17.1 Å². The van der Waals surface area contributed by atoms with Crippen molar-refractivity contribution < 1.29 is 4.79 Å². The first-order chi connectivity index (χ1) is 9.54. The molecule has 0 spiro atoms. The number of hydrogen-bond acceptors (Lipinski definition) is 3. The first-order valence-electron chi connectivity index (χ1n) is 6.72. The van der Waals surface area contributed by atoms with E-state index in [9.17, 15) is 4.79 Å². The lowest BCUT2D eigenvalue weighted by atomic mass is 10.2. The highest BCUT2D eigenvalue weighted by Gasteiger charge is 2.21. The van der Waals surface area contributed by atoms with Gasteiger partial charge in [0.1, 0.15) is 0 Å². The fourth-order valence-corrected chi connectivity index (χ4v) is 2.03. The molecule has 3 N–H and O–H groups in total. The topological polar surface area (TPSA) is 75.0 Å². The van der Waals surface area contributed by atoms with Gasteiger partial charge in [-0.05, 0) is 25.5 Å². The lowest BCUT2D eigenvalue weighted by Gasteiger charge is -2.16. The fourth-order valence-electron chi connectivity index (χ4n) is 2.03. The molecule has 0 unspecified atom stereocenters. The van der Waals surface area contributed by atoms with Crippen LogP contribution in [0.5, 0.6) is 0 Å². The van der Waals surface area contributed by atoms with Gasteiger partial charge < -0.3 is 10.6 Å². The average Bonchev–Trinajstić information content (AvgIpc) is 2.80. The summed E-state index contributed by atoms with van der Waals surface area (Å²) in [5.74, 6) is -0.204. The molecular weight excluding hydrogens is 252 g/mol. The molecule has 1 aromatic carbocycles. The number of carbonyl (C=O) groups is 1. The van der Waals surface area contributed by atoms with Crippen LogP contribution in [-0.4, -0.2) is 23.2 Å². The van der Waals surface area contributed by atoms with Crippen molar-refractivity contribution in [1.29, 1.82) is 0 Å². The Morgan fingerprint density at radius 2 is 2.00 bits per heavy atom. The van der Waals surface area contributed by atoms with E-state index < -0.39 is 0 Å². The minimum Gasteiger partial charge on any atom is -0.395 e. The fraction of sp³-hybridized carbons (Fsp3) is 0.333. The van der Waals surface area contributed by atoms with Gasteiger partial charge in [-0.25, -0.2) is 0 Å². The standard InChI is InChI=1S/C15H20N4O/c1-4-5-12-13(16)14(18-17-12)15(20)19(3)11-8-6-10(2)7-9-11/h6-9H,4-5,16H2,1-3H3,(H,17,18). The van der Waals surface area contributed by atoms with Crippen LogP contribution in [0.3, 0.4) is 0 Å². The predicted molar refractivity (Wildman–Crippen MR) is 80.9 cm³/mol. The Kier molecular flexibility index (Phi) is 4.08. The number of amides is 1. The minimum atomic E-state index is -0.204. The van der Waals surface area contributed by atoms with Gasteiger partial charge in [-0.3, -0.25) is 9.89 Å². The number of hydrogen-bond donors (Lipinski definition) is 2. The van der Waals surface area contributed by atoms with E-state index >= 15 is 0 Å². The molecule has 0 aliphatic heterocycles. The number of aryl methyl sites for hydroxylation is 2. The maximum Gasteiger partial charge on any atom is 0.280 e. The molecule has 0 fully saturated rings. The Morgan fingerprint density at radius 3 is 2.60 bits per heavy atom. The molecular formula is C15H20N4O. The van der Waals surface area contributed by atoms with Gasteiger partial charge in [-0.1, -0.05) is 31.0 Å². The average molecular weight is 272 g/mol. The third kappa shape index (κ3) is 2.66. The highest BCUT2D eigenvalue weighted by molar-refractivity contribution is 6.07. The molecule has 0 saturated carbocycles. The Balaban J connectivity index is 2.24. The maximum atomic E-state index is 12.4. The van der Waals surface area contributed by atoms with Gasteiger partial charge in [0, 0.05) is 12.7 Å². The molecule has 2 rings (SSSR count). The van der Waals surface area contributed by atoms with E-state index in [0.29, 0.717) is 5.69 Å². The van der Waals surface area contributed by atoms with E-state index in [4.69, 9.17) is 5.73 Å². The maximum absolute atomic E-state index is 12.4. The van der Waals surface area contributed by atoms with E-state index in [-0.39, 0.29) is 11.6 Å². The predicted octanol–water partition coefficient (Wildman–Crippen LogP) is 2.53. The Labute approximate surface area is 118 Å².